The minimum atomic E-state index is -0.111. The monoisotopic (exact) mass is 383 g/mol. The van der Waals surface area contributed by atoms with Crippen LogP contribution in [0.15, 0.2) is 53.5 Å². The number of rotatable bonds is 7. The molecule has 140 valence electrons. The molecule has 0 aliphatic rings. The number of benzene rings is 1. The molecule has 1 N–H and O–H groups in total. The first kappa shape index (κ1) is 19.0. The summed E-state index contributed by atoms with van der Waals surface area (Å²) in [5, 5.41) is 2.88. The third-order valence-corrected chi connectivity index (χ3v) is 4.98. The van der Waals surface area contributed by atoms with Gasteiger partial charge >= 0.3 is 0 Å². The summed E-state index contributed by atoms with van der Waals surface area (Å²) in [6.07, 6.45) is 1.77. The van der Waals surface area contributed by atoms with Crippen molar-refractivity contribution in [3.8, 4) is 5.75 Å². The Balaban J connectivity index is 1.53. The number of aromatic nitrogens is 2. The molecular formula is C20H21N3O3S. The van der Waals surface area contributed by atoms with Gasteiger partial charge in [0.05, 0.1) is 18.6 Å². The molecule has 1 amide bonds. The molecule has 0 unspecified atom stereocenters. The lowest BCUT2D eigenvalue weighted by Crippen LogP contribution is -2.25. The molecule has 3 rings (SSSR count). The van der Waals surface area contributed by atoms with E-state index in [1.54, 1.807) is 13.3 Å². The van der Waals surface area contributed by atoms with Crippen molar-refractivity contribution in [1.29, 1.82) is 0 Å². The van der Waals surface area contributed by atoms with Gasteiger partial charge in [-0.15, -0.1) is 11.8 Å². The van der Waals surface area contributed by atoms with Crippen molar-refractivity contribution < 1.29 is 9.53 Å². The standard InChI is InChI=1S/C20H21N3O3S/c1-14-7-8-18-22-16(9-20(25)23(18)11-14)12-27-13-19(24)21-10-15-5-3-4-6-17(15)26-2/h3-9,11H,10,12-13H2,1-2H3,(H,21,24). The van der Waals surface area contributed by atoms with E-state index in [1.807, 2.05) is 43.3 Å². The second-order valence-corrected chi connectivity index (χ2v) is 7.09. The van der Waals surface area contributed by atoms with E-state index in [9.17, 15) is 9.59 Å². The summed E-state index contributed by atoms with van der Waals surface area (Å²) in [5.41, 5.74) is 3.11. The Morgan fingerprint density at radius 1 is 1.26 bits per heavy atom. The zero-order chi connectivity index (χ0) is 19.2. The summed E-state index contributed by atoms with van der Waals surface area (Å²) in [6.45, 7) is 2.34. The van der Waals surface area contributed by atoms with Gasteiger partial charge in [-0.25, -0.2) is 4.98 Å². The van der Waals surface area contributed by atoms with Gasteiger partial charge in [0.2, 0.25) is 5.91 Å². The maximum atomic E-state index is 12.2. The van der Waals surface area contributed by atoms with Crippen LogP contribution in [0.5, 0.6) is 5.75 Å². The fourth-order valence-electron chi connectivity index (χ4n) is 2.67. The van der Waals surface area contributed by atoms with Gasteiger partial charge in [0, 0.05) is 30.1 Å². The first-order chi connectivity index (χ1) is 13.1. The zero-order valence-electron chi connectivity index (χ0n) is 15.3. The number of methoxy groups -OCH3 is 1. The van der Waals surface area contributed by atoms with Gasteiger partial charge in [0.25, 0.3) is 5.56 Å². The second kappa shape index (κ2) is 8.73. The molecule has 27 heavy (non-hydrogen) atoms. The van der Waals surface area contributed by atoms with Crippen molar-refractivity contribution in [1.82, 2.24) is 14.7 Å². The summed E-state index contributed by atoms with van der Waals surface area (Å²) in [6, 6.07) is 12.8. The van der Waals surface area contributed by atoms with Crippen LogP contribution >= 0.6 is 11.8 Å². The van der Waals surface area contributed by atoms with Crippen molar-refractivity contribution >= 4 is 23.3 Å². The van der Waals surface area contributed by atoms with E-state index >= 15 is 0 Å². The SMILES string of the molecule is COc1ccccc1CNC(=O)CSCc1cc(=O)n2cc(C)ccc2n1. The number of thioether (sulfide) groups is 1. The highest BCUT2D eigenvalue weighted by atomic mass is 32.2. The summed E-state index contributed by atoms with van der Waals surface area (Å²) < 4.78 is 6.81. The number of hydrogen-bond acceptors (Lipinski definition) is 5. The highest BCUT2D eigenvalue weighted by Crippen LogP contribution is 2.17. The lowest BCUT2D eigenvalue weighted by molar-refractivity contribution is -0.118. The average molecular weight is 383 g/mol. The molecule has 0 radical (unpaired) electrons. The fraction of sp³-hybridized carbons (Fsp3) is 0.250. The number of para-hydroxylation sites is 1. The van der Waals surface area contributed by atoms with E-state index in [4.69, 9.17) is 4.74 Å². The van der Waals surface area contributed by atoms with Crippen molar-refractivity contribution in [3.05, 3.63) is 75.8 Å². The van der Waals surface area contributed by atoms with Crippen LogP contribution in [0.2, 0.25) is 0 Å². The summed E-state index contributed by atoms with van der Waals surface area (Å²) in [7, 11) is 1.61. The lowest BCUT2D eigenvalue weighted by Gasteiger charge is -2.09. The predicted octanol–water partition coefficient (Wildman–Crippen LogP) is 2.56. The number of carbonyl (C=O) groups excluding carboxylic acids is 1. The molecule has 0 aliphatic carbocycles. The number of nitrogens with zero attached hydrogens (tertiary/aromatic N) is 2. The normalized spacial score (nSPS) is 10.7. The number of carbonyl (C=O) groups is 1. The molecule has 0 atom stereocenters. The third-order valence-electron chi connectivity index (χ3n) is 4.01. The van der Waals surface area contributed by atoms with Crippen LogP contribution in [-0.2, 0) is 17.1 Å². The van der Waals surface area contributed by atoms with Crippen molar-refractivity contribution in [2.45, 2.75) is 19.2 Å². The van der Waals surface area contributed by atoms with Gasteiger partial charge < -0.3 is 10.1 Å². The van der Waals surface area contributed by atoms with Gasteiger partial charge in [-0.3, -0.25) is 14.0 Å². The van der Waals surface area contributed by atoms with Crippen LogP contribution in [0.25, 0.3) is 5.65 Å². The topological polar surface area (TPSA) is 72.7 Å². The summed E-state index contributed by atoms with van der Waals surface area (Å²) in [4.78, 5) is 28.7. The largest absolute Gasteiger partial charge is 0.496 e. The highest BCUT2D eigenvalue weighted by molar-refractivity contribution is 7.99. The molecule has 0 bridgehead atoms. The maximum Gasteiger partial charge on any atom is 0.258 e. The highest BCUT2D eigenvalue weighted by Gasteiger charge is 2.07. The van der Waals surface area contributed by atoms with E-state index in [1.165, 1.54) is 22.2 Å². The number of aryl methyl sites for hydroxylation is 1. The Morgan fingerprint density at radius 3 is 2.89 bits per heavy atom. The molecule has 0 saturated carbocycles. The van der Waals surface area contributed by atoms with E-state index in [0.717, 1.165) is 16.9 Å². The van der Waals surface area contributed by atoms with Crippen LogP contribution in [-0.4, -0.2) is 28.2 Å². The molecule has 2 heterocycles. The fourth-order valence-corrected chi connectivity index (χ4v) is 3.42. The Morgan fingerprint density at radius 2 is 2.07 bits per heavy atom. The minimum Gasteiger partial charge on any atom is -0.496 e. The number of pyridine rings is 1. The third kappa shape index (κ3) is 4.89. The molecule has 7 heteroatoms. The molecule has 0 spiro atoms. The number of amides is 1. The van der Waals surface area contributed by atoms with Crippen molar-refractivity contribution in [2.75, 3.05) is 12.9 Å². The van der Waals surface area contributed by atoms with Crippen LogP contribution in [0, 0.1) is 6.92 Å². The first-order valence-corrected chi connectivity index (χ1v) is 9.67. The number of hydrogen-bond donors (Lipinski definition) is 1. The quantitative estimate of drug-likeness (QED) is 0.679. The van der Waals surface area contributed by atoms with Crippen molar-refractivity contribution in [2.24, 2.45) is 0 Å². The predicted molar refractivity (Wildman–Crippen MR) is 107 cm³/mol. The van der Waals surface area contributed by atoms with Crippen LogP contribution < -0.4 is 15.6 Å². The molecule has 3 aromatic rings. The Bertz CT molecular complexity index is 1020. The van der Waals surface area contributed by atoms with Crippen molar-refractivity contribution in [3.63, 3.8) is 0 Å². The van der Waals surface area contributed by atoms with Gasteiger partial charge in [-0.1, -0.05) is 24.3 Å². The van der Waals surface area contributed by atoms with Crippen LogP contribution in [0.4, 0.5) is 0 Å². The summed E-state index contributed by atoms with van der Waals surface area (Å²) >= 11 is 1.43. The average Bonchev–Trinajstić information content (AvgIpc) is 2.67. The lowest BCUT2D eigenvalue weighted by atomic mass is 10.2. The molecule has 1 aromatic carbocycles. The Kier molecular flexibility index (Phi) is 6.13. The second-order valence-electron chi connectivity index (χ2n) is 6.10. The first-order valence-electron chi connectivity index (χ1n) is 8.52. The smallest absolute Gasteiger partial charge is 0.258 e. The maximum absolute atomic E-state index is 12.2. The van der Waals surface area contributed by atoms with E-state index < -0.39 is 0 Å². The molecule has 0 saturated heterocycles. The molecule has 0 aliphatic heterocycles. The molecular weight excluding hydrogens is 362 g/mol. The van der Waals surface area contributed by atoms with Gasteiger partial charge in [0.15, 0.2) is 0 Å². The number of nitrogens with one attached hydrogen (secondary N) is 1. The molecule has 6 nitrogen and oxygen atoms in total. The molecule has 2 aromatic heterocycles. The molecule has 0 fully saturated rings. The minimum absolute atomic E-state index is 0.0703. The van der Waals surface area contributed by atoms with E-state index in [0.29, 0.717) is 29.4 Å². The van der Waals surface area contributed by atoms with Gasteiger partial charge in [-0.05, 0) is 24.6 Å². The summed E-state index contributed by atoms with van der Waals surface area (Å²) in [5.74, 6) is 1.48. The Labute approximate surface area is 161 Å². The van der Waals surface area contributed by atoms with Gasteiger partial charge in [-0.2, -0.15) is 0 Å². The van der Waals surface area contributed by atoms with Crippen LogP contribution in [0.1, 0.15) is 16.8 Å². The van der Waals surface area contributed by atoms with E-state index in [2.05, 4.69) is 10.3 Å². The number of fused-ring (bicyclic) bond motifs is 1. The Hall–Kier alpha value is -2.80. The number of ether oxygens (including phenoxy) is 1. The van der Waals surface area contributed by atoms with E-state index in [-0.39, 0.29) is 11.5 Å². The van der Waals surface area contributed by atoms with Gasteiger partial charge in [0.1, 0.15) is 11.4 Å². The van der Waals surface area contributed by atoms with Crippen LogP contribution in [0.3, 0.4) is 0 Å². The zero-order valence-corrected chi connectivity index (χ0v) is 16.1.